The highest BCUT2D eigenvalue weighted by atomic mass is 35.5. The van der Waals surface area contributed by atoms with Crippen molar-refractivity contribution in [1.82, 2.24) is 9.29 Å². The first-order valence-electron chi connectivity index (χ1n) is 8.75. The molecule has 0 bridgehead atoms. The van der Waals surface area contributed by atoms with Gasteiger partial charge in [0.2, 0.25) is 10.0 Å². The van der Waals surface area contributed by atoms with E-state index in [0.717, 1.165) is 28.2 Å². The van der Waals surface area contributed by atoms with Crippen molar-refractivity contribution in [3.63, 3.8) is 0 Å². The smallest absolute Gasteiger partial charge is 0.296 e. The molecule has 3 aromatic rings. The minimum atomic E-state index is -3.62. The third-order valence-electron chi connectivity index (χ3n) is 4.11. The van der Waals surface area contributed by atoms with Crippen LogP contribution in [-0.2, 0) is 15.8 Å². The molecule has 1 N–H and O–H groups in total. The summed E-state index contributed by atoms with van der Waals surface area (Å²) < 4.78 is 30.1. The van der Waals surface area contributed by atoms with E-state index in [1.165, 1.54) is 0 Å². The largest absolute Gasteiger partial charge is 0.308 e. The lowest BCUT2D eigenvalue weighted by atomic mass is 10.2. The summed E-state index contributed by atoms with van der Waals surface area (Å²) in [4.78, 5) is 12.2. The highest BCUT2D eigenvalue weighted by Crippen LogP contribution is 2.24. The van der Waals surface area contributed by atoms with Crippen LogP contribution in [0.5, 0.6) is 0 Å². The maximum absolute atomic E-state index is 12.6. The molecule has 0 amide bonds. The van der Waals surface area contributed by atoms with Crippen LogP contribution in [0.15, 0.2) is 52.2 Å². The molecule has 0 aliphatic heterocycles. The van der Waals surface area contributed by atoms with E-state index in [1.807, 2.05) is 38.1 Å². The van der Waals surface area contributed by atoms with Gasteiger partial charge in [-0.25, -0.2) is 13.1 Å². The summed E-state index contributed by atoms with van der Waals surface area (Å²) in [7, 11) is -3.62. The first kappa shape index (κ1) is 21.4. The predicted octanol–water partition coefficient (Wildman–Crippen LogP) is 4.51. The van der Waals surface area contributed by atoms with Gasteiger partial charge in [0.25, 0.3) is 0 Å². The zero-order valence-corrected chi connectivity index (χ0v) is 18.7. The fraction of sp³-hybridized carbons (Fsp3) is 0.316. The number of thioether (sulfide) groups is 1. The number of aromatic nitrogens is 1. The highest BCUT2D eigenvalue weighted by molar-refractivity contribution is 7.98. The number of halogens is 1. The van der Waals surface area contributed by atoms with Crippen molar-refractivity contribution in [3.8, 4) is 0 Å². The maximum atomic E-state index is 12.6. The molecule has 2 aromatic carbocycles. The summed E-state index contributed by atoms with van der Waals surface area (Å²) >= 11 is 8.66. The van der Waals surface area contributed by atoms with Crippen molar-refractivity contribution in [1.29, 1.82) is 0 Å². The number of benzene rings is 2. The quantitative estimate of drug-likeness (QED) is 0.506. The topological polar surface area (TPSA) is 68.2 Å². The lowest BCUT2D eigenvalue weighted by Gasteiger charge is -2.09. The molecule has 0 spiro atoms. The third kappa shape index (κ3) is 4.99. The van der Waals surface area contributed by atoms with Gasteiger partial charge in [-0.3, -0.25) is 9.36 Å². The second-order valence-electron chi connectivity index (χ2n) is 6.54. The molecular weight excluding hydrogens is 436 g/mol. The molecule has 9 heteroatoms. The molecular formula is C19H21ClN2O3S3. The van der Waals surface area contributed by atoms with Crippen LogP contribution < -0.4 is 9.60 Å². The average Bonchev–Trinajstić information content (AvgIpc) is 2.96. The molecule has 0 fully saturated rings. The van der Waals surface area contributed by atoms with Crippen LogP contribution >= 0.6 is 34.7 Å². The van der Waals surface area contributed by atoms with Crippen LogP contribution in [0.3, 0.4) is 0 Å². The zero-order chi connectivity index (χ0) is 20.3. The van der Waals surface area contributed by atoms with Gasteiger partial charge in [-0.15, -0.1) is 0 Å². The first-order chi connectivity index (χ1) is 13.3. The van der Waals surface area contributed by atoms with Crippen molar-refractivity contribution in [3.05, 3.63) is 62.7 Å². The normalized spacial score (nSPS) is 12.1. The number of nitrogens with zero attached hydrogens (tertiary/aromatic N) is 1. The second-order valence-corrected chi connectivity index (χ2v) is 10.8. The summed E-state index contributed by atoms with van der Waals surface area (Å²) in [5, 5.41) is 0.697. The molecule has 150 valence electrons. The molecule has 28 heavy (non-hydrogen) atoms. The van der Waals surface area contributed by atoms with E-state index in [4.69, 9.17) is 11.6 Å². The van der Waals surface area contributed by atoms with Gasteiger partial charge >= 0.3 is 4.87 Å². The summed E-state index contributed by atoms with van der Waals surface area (Å²) in [5.41, 5.74) is 1.87. The van der Waals surface area contributed by atoms with Crippen molar-refractivity contribution in [2.24, 2.45) is 0 Å². The average molecular weight is 457 g/mol. The van der Waals surface area contributed by atoms with Crippen molar-refractivity contribution in [2.45, 2.75) is 30.5 Å². The number of hydrogen-bond donors (Lipinski definition) is 1. The Balaban J connectivity index is 1.62. The van der Waals surface area contributed by atoms with Crippen LogP contribution in [0, 0.1) is 0 Å². The first-order valence-corrected chi connectivity index (χ1v) is 12.6. The molecule has 0 radical (unpaired) electrons. The van der Waals surface area contributed by atoms with Gasteiger partial charge in [-0.05, 0) is 49.7 Å². The van der Waals surface area contributed by atoms with Gasteiger partial charge in [0.1, 0.15) is 0 Å². The van der Waals surface area contributed by atoms with Crippen molar-refractivity contribution < 1.29 is 8.42 Å². The molecule has 0 aliphatic rings. The van der Waals surface area contributed by atoms with Gasteiger partial charge in [0.15, 0.2) is 0 Å². The van der Waals surface area contributed by atoms with Crippen LogP contribution in [0.2, 0.25) is 5.02 Å². The Bertz CT molecular complexity index is 1140. The Morgan fingerprint density at radius 2 is 2.00 bits per heavy atom. The van der Waals surface area contributed by atoms with Gasteiger partial charge in [0, 0.05) is 29.1 Å². The molecule has 0 aliphatic carbocycles. The summed E-state index contributed by atoms with van der Waals surface area (Å²) in [6.07, 6.45) is 0. The van der Waals surface area contributed by atoms with Gasteiger partial charge < -0.3 is 0 Å². The number of nitrogens with one attached hydrogen (secondary N) is 1. The van der Waals surface area contributed by atoms with Crippen molar-refractivity contribution in [2.75, 3.05) is 12.3 Å². The molecule has 0 unspecified atom stereocenters. The fourth-order valence-corrected chi connectivity index (χ4v) is 6.15. The second kappa shape index (κ2) is 9.00. The van der Waals surface area contributed by atoms with Crippen LogP contribution in [0.4, 0.5) is 0 Å². The Morgan fingerprint density at radius 3 is 2.71 bits per heavy atom. The molecule has 0 saturated heterocycles. The Hall–Kier alpha value is -1.32. The van der Waals surface area contributed by atoms with E-state index in [0.29, 0.717) is 22.0 Å². The highest BCUT2D eigenvalue weighted by Gasteiger charge is 2.17. The molecule has 0 atom stereocenters. The van der Waals surface area contributed by atoms with Crippen LogP contribution in [-0.4, -0.2) is 25.3 Å². The predicted molar refractivity (Wildman–Crippen MR) is 119 cm³/mol. The molecule has 3 rings (SSSR count). The number of hydrogen-bond acceptors (Lipinski definition) is 5. The molecule has 0 saturated carbocycles. The van der Waals surface area contributed by atoms with Crippen LogP contribution in [0.1, 0.15) is 25.5 Å². The minimum absolute atomic E-state index is 0.0263. The summed E-state index contributed by atoms with van der Waals surface area (Å²) in [5.74, 6) is 1.41. The number of sulfonamides is 1. The summed E-state index contributed by atoms with van der Waals surface area (Å²) in [6.45, 7) is 4.19. The lowest BCUT2D eigenvalue weighted by molar-refractivity contribution is 0.584. The van der Waals surface area contributed by atoms with Gasteiger partial charge in [-0.2, -0.15) is 11.8 Å². The Kier molecular flexibility index (Phi) is 6.88. The van der Waals surface area contributed by atoms with E-state index in [9.17, 15) is 13.2 Å². The van der Waals surface area contributed by atoms with Crippen molar-refractivity contribution >= 4 is 54.9 Å². The minimum Gasteiger partial charge on any atom is -0.296 e. The molecule has 5 nitrogen and oxygen atoms in total. The van der Waals surface area contributed by atoms with E-state index in [1.54, 1.807) is 34.5 Å². The Morgan fingerprint density at radius 1 is 1.21 bits per heavy atom. The van der Waals surface area contributed by atoms with E-state index in [2.05, 4.69) is 4.72 Å². The SMILES string of the molecule is CC(C)n1c(=O)sc2cc(S(=O)(=O)NCCSCc3cccc(Cl)c3)ccc21. The molecule has 1 heterocycles. The number of thiazole rings is 1. The van der Waals surface area contributed by atoms with E-state index in [-0.39, 0.29) is 15.8 Å². The zero-order valence-electron chi connectivity index (χ0n) is 15.5. The van der Waals surface area contributed by atoms with Gasteiger partial charge in [0.05, 0.1) is 15.1 Å². The van der Waals surface area contributed by atoms with Gasteiger partial charge in [-0.1, -0.05) is 35.1 Å². The Labute approximate surface area is 177 Å². The third-order valence-corrected chi connectivity index (χ3v) is 7.75. The fourth-order valence-electron chi connectivity index (χ4n) is 2.82. The number of rotatable bonds is 8. The lowest BCUT2D eigenvalue weighted by Crippen LogP contribution is -2.26. The molecule has 1 aromatic heterocycles. The standard InChI is InChI=1S/C19H21ClN2O3S3/c1-13(2)22-17-7-6-16(11-18(17)27-19(22)23)28(24,25)21-8-9-26-12-14-4-3-5-15(20)10-14/h3-7,10-11,13,21H,8-9,12H2,1-2H3. The van der Waals surface area contributed by atoms with Crippen LogP contribution in [0.25, 0.3) is 10.2 Å². The van der Waals surface area contributed by atoms with E-state index >= 15 is 0 Å². The number of fused-ring (bicyclic) bond motifs is 1. The van der Waals surface area contributed by atoms with E-state index < -0.39 is 10.0 Å². The maximum Gasteiger partial charge on any atom is 0.308 e. The monoisotopic (exact) mass is 456 g/mol. The summed E-state index contributed by atoms with van der Waals surface area (Å²) in [6, 6.07) is 12.5.